The fourth-order valence-corrected chi connectivity index (χ4v) is 3.54. The van der Waals surface area contributed by atoms with Gasteiger partial charge in [0.25, 0.3) is 0 Å². The first-order valence-corrected chi connectivity index (χ1v) is 9.19. The first kappa shape index (κ1) is 19.0. The summed E-state index contributed by atoms with van der Waals surface area (Å²) in [6.07, 6.45) is 0.160. The molecule has 2 atom stereocenters. The summed E-state index contributed by atoms with van der Waals surface area (Å²) >= 11 is 0. The highest BCUT2D eigenvalue weighted by Crippen LogP contribution is 2.45. The maximum atomic E-state index is 12.5. The number of carbonyl (C=O) groups excluding carboxylic acids is 2. The second-order valence-corrected chi connectivity index (χ2v) is 6.52. The first-order valence-electron chi connectivity index (χ1n) is 9.19. The molecule has 0 aromatic heterocycles. The topological polar surface area (TPSA) is 61.8 Å². The van der Waals surface area contributed by atoms with E-state index in [9.17, 15) is 9.59 Å². The van der Waals surface area contributed by atoms with Crippen molar-refractivity contribution in [2.24, 2.45) is 0 Å². The lowest BCUT2D eigenvalue weighted by Gasteiger charge is -2.16. The van der Waals surface area contributed by atoms with Crippen molar-refractivity contribution < 1.29 is 23.8 Å². The lowest BCUT2D eigenvalue weighted by molar-refractivity contribution is 0.0526. The number of fused-ring (bicyclic) bond motifs is 1. The molecule has 5 heteroatoms. The van der Waals surface area contributed by atoms with Gasteiger partial charge < -0.3 is 14.2 Å². The lowest BCUT2D eigenvalue weighted by atomic mass is 9.86. The minimum Gasteiger partial charge on any atom is -0.497 e. The number of Topliss-reactive ketones (excluding diaryl/α,β-unsaturated/α-hetero) is 1. The molecular weight excluding hydrogens is 344 g/mol. The third-order valence-corrected chi connectivity index (χ3v) is 4.81. The van der Waals surface area contributed by atoms with E-state index < -0.39 is 5.97 Å². The summed E-state index contributed by atoms with van der Waals surface area (Å²) in [5, 5.41) is 0. The van der Waals surface area contributed by atoms with Gasteiger partial charge in [0.1, 0.15) is 17.6 Å². The average molecular weight is 368 g/mol. The van der Waals surface area contributed by atoms with Gasteiger partial charge in [0.15, 0.2) is 5.78 Å². The van der Waals surface area contributed by atoms with Crippen LogP contribution in [-0.4, -0.2) is 31.6 Å². The van der Waals surface area contributed by atoms with Crippen molar-refractivity contribution in [2.75, 3.05) is 13.7 Å². The van der Waals surface area contributed by atoms with Gasteiger partial charge in [0.05, 0.1) is 24.8 Å². The van der Waals surface area contributed by atoms with E-state index in [1.54, 1.807) is 33.1 Å². The van der Waals surface area contributed by atoms with Crippen LogP contribution in [0.5, 0.6) is 11.5 Å². The number of carbonyl (C=O) groups is 2. The van der Waals surface area contributed by atoms with Crippen LogP contribution >= 0.6 is 0 Å². The maximum absolute atomic E-state index is 12.5. The van der Waals surface area contributed by atoms with Crippen molar-refractivity contribution in [3.63, 3.8) is 0 Å². The highest BCUT2D eigenvalue weighted by atomic mass is 16.5. The van der Waals surface area contributed by atoms with Gasteiger partial charge in [-0.3, -0.25) is 4.79 Å². The predicted molar refractivity (Wildman–Crippen MR) is 102 cm³/mol. The quantitative estimate of drug-likeness (QED) is 0.559. The number of rotatable bonds is 6. The smallest absolute Gasteiger partial charge is 0.338 e. The van der Waals surface area contributed by atoms with Crippen LogP contribution in [-0.2, 0) is 4.74 Å². The molecule has 0 N–H and O–H groups in total. The second kappa shape index (κ2) is 7.82. The highest BCUT2D eigenvalue weighted by Gasteiger charge is 2.36. The van der Waals surface area contributed by atoms with Crippen molar-refractivity contribution in [1.82, 2.24) is 0 Å². The molecular formula is C22H24O5. The summed E-state index contributed by atoms with van der Waals surface area (Å²) < 4.78 is 16.6. The Kier molecular flexibility index (Phi) is 5.49. The summed E-state index contributed by atoms with van der Waals surface area (Å²) in [6, 6.07) is 11.1. The Labute approximate surface area is 159 Å². The Morgan fingerprint density at radius 2 is 1.93 bits per heavy atom. The Bertz CT molecular complexity index is 871. The molecule has 0 fully saturated rings. The number of benzene rings is 2. The molecule has 0 saturated heterocycles. The van der Waals surface area contributed by atoms with Gasteiger partial charge in [0.2, 0.25) is 0 Å². The van der Waals surface area contributed by atoms with Crippen LogP contribution < -0.4 is 9.47 Å². The molecule has 1 aliphatic heterocycles. The van der Waals surface area contributed by atoms with Crippen LogP contribution in [0.25, 0.3) is 0 Å². The van der Waals surface area contributed by atoms with Crippen molar-refractivity contribution >= 4 is 11.8 Å². The average Bonchev–Trinajstić information content (AvgIpc) is 3.02. The van der Waals surface area contributed by atoms with Gasteiger partial charge in [-0.1, -0.05) is 19.1 Å². The largest absolute Gasteiger partial charge is 0.497 e. The first-order chi connectivity index (χ1) is 13.0. The molecule has 0 amide bonds. The van der Waals surface area contributed by atoms with Gasteiger partial charge in [-0.25, -0.2) is 4.79 Å². The number of methoxy groups -OCH3 is 1. The van der Waals surface area contributed by atoms with E-state index in [1.807, 2.05) is 31.2 Å². The van der Waals surface area contributed by atoms with E-state index in [-0.39, 0.29) is 24.4 Å². The molecule has 1 aliphatic rings. The molecule has 0 saturated carbocycles. The fraction of sp³-hybridized carbons (Fsp3) is 0.364. The molecule has 0 spiro atoms. The third-order valence-electron chi connectivity index (χ3n) is 4.81. The zero-order valence-electron chi connectivity index (χ0n) is 16.1. The number of hydrogen-bond donors (Lipinski definition) is 0. The molecule has 0 unspecified atom stereocenters. The number of hydrogen-bond acceptors (Lipinski definition) is 5. The van der Waals surface area contributed by atoms with Crippen molar-refractivity contribution in [1.29, 1.82) is 0 Å². The van der Waals surface area contributed by atoms with E-state index in [1.165, 1.54) is 0 Å². The van der Waals surface area contributed by atoms with Gasteiger partial charge in [-0.2, -0.15) is 0 Å². The number of ketones is 1. The Balaban J connectivity index is 2.16. The summed E-state index contributed by atoms with van der Waals surface area (Å²) in [5.41, 5.74) is 2.66. The Morgan fingerprint density at radius 3 is 2.59 bits per heavy atom. The van der Waals surface area contributed by atoms with Gasteiger partial charge in [0, 0.05) is 17.9 Å². The lowest BCUT2D eigenvalue weighted by Crippen LogP contribution is -2.15. The van der Waals surface area contributed by atoms with Crippen LogP contribution in [0.2, 0.25) is 0 Å². The molecule has 3 rings (SSSR count). The Hall–Kier alpha value is -2.82. The number of esters is 1. The van der Waals surface area contributed by atoms with Crippen LogP contribution in [0, 0.1) is 0 Å². The maximum Gasteiger partial charge on any atom is 0.338 e. The van der Waals surface area contributed by atoms with Gasteiger partial charge in [-0.15, -0.1) is 0 Å². The standard InChI is InChI=1S/C22H24O5/c1-5-19(23)17-11-15(22(24)26-6-2)12-18-20(13(3)27-21(17)18)14-8-7-9-16(10-14)25-4/h7-13,20H,5-6H2,1-4H3/t13-,20+/m1/s1. The highest BCUT2D eigenvalue weighted by molar-refractivity contribution is 6.02. The summed E-state index contributed by atoms with van der Waals surface area (Å²) in [7, 11) is 1.62. The molecule has 27 heavy (non-hydrogen) atoms. The zero-order chi connectivity index (χ0) is 19.6. The zero-order valence-corrected chi connectivity index (χ0v) is 16.1. The molecule has 1 heterocycles. The molecule has 5 nitrogen and oxygen atoms in total. The summed E-state index contributed by atoms with van der Waals surface area (Å²) in [6.45, 7) is 5.80. The second-order valence-electron chi connectivity index (χ2n) is 6.52. The normalized spacial score (nSPS) is 17.8. The third kappa shape index (κ3) is 3.54. The van der Waals surface area contributed by atoms with E-state index in [4.69, 9.17) is 14.2 Å². The monoisotopic (exact) mass is 368 g/mol. The molecule has 2 aromatic carbocycles. The van der Waals surface area contributed by atoms with Crippen molar-refractivity contribution in [2.45, 2.75) is 39.2 Å². The van der Waals surface area contributed by atoms with Crippen LogP contribution in [0.4, 0.5) is 0 Å². The van der Waals surface area contributed by atoms with Gasteiger partial charge in [-0.05, 0) is 43.7 Å². The van der Waals surface area contributed by atoms with Crippen molar-refractivity contribution in [3.05, 3.63) is 58.7 Å². The fourth-order valence-electron chi connectivity index (χ4n) is 3.54. The minimum atomic E-state index is -0.436. The Morgan fingerprint density at radius 1 is 1.15 bits per heavy atom. The molecule has 0 radical (unpaired) electrons. The van der Waals surface area contributed by atoms with E-state index in [0.29, 0.717) is 23.3 Å². The van der Waals surface area contributed by atoms with Crippen LogP contribution in [0.3, 0.4) is 0 Å². The summed E-state index contributed by atoms with van der Waals surface area (Å²) in [4.78, 5) is 24.8. The number of ether oxygens (including phenoxy) is 3. The molecule has 0 bridgehead atoms. The van der Waals surface area contributed by atoms with Crippen LogP contribution in [0.15, 0.2) is 36.4 Å². The SMILES string of the molecule is CCOC(=O)c1cc(C(=O)CC)c2c(c1)[C@H](c1cccc(OC)c1)[C@@H](C)O2. The summed E-state index contributed by atoms with van der Waals surface area (Å²) in [5.74, 6) is 0.716. The minimum absolute atomic E-state index is 0.0594. The van der Waals surface area contributed by atoms with Crippen LogP contribution in [0.1, 0.15) is 65.0 Å². The van der Waals surface area contributed by atoms with Gasteiger partial charge >= 0.3 is 5.97 Å². The van der Waals surface area contributed by atoms with E-state index in [0.717, 1.165) is 16.9 Å². The molecule has 0 aliphatic carbocycles. The van der Waals surface area contributed by atoms with E-state index >= 15 is 0 Å². The van der Waals surface area contributed by atoms with Crippen molar-refractivity contribution in [3.8, 4) is 11.5 Å². The van der Waals surface area contributed by atoms with E-state index in [2.05, 4.69) is 0 Å². The molecule has 142 valence electrons. The predicted octanol–water partition coefficient (Wildman–Crippen LogP) is 4.38. The molecule has 2 aromatic rings.